The largest absolute Gasteiger partial charge is 0.484 e. The molecule has 1 saturated heterocycles. The van der Waals surface area contributed by atoms with E-state index in [9.17, 15) is 19.7 Å². The third-order valence-electron chi connectivity index (χ3n) is 9.84. The Labute approximate surface area is 266 Å². The summed E-state index contributed by atoms with van der Waals surface area (Å²) in [5.41, 5.74) is 8.24. The molecule has 45 heavy (non-hydrogen) atoms. The van der Waals surface area contributed by atoms with Crippen molar-refractivity contribution >= 4 is 24.9 Å². The summed E-state index contributed by atoms with van der Waals surface area (Å²) < 4.78 is 18.9. The van der Waals surface area contributed by atoms with E-state index in [0.717, 1.165) is 24.8 Å². The maximum Gasteiger partial charge on any atom is 0.481 e. The average Bonchev–Trinajstić information content (AvgIpc) is 3.34. The molecule has 6 atom stereocenters. The molecule has 248 valence electrons. The Bertz CT molecular complexity index is 1250. The van der Waals surface area contributed by atoms with Crippen LogP contribution in [0.4, 0.5) is 0 Å². The van der Waals surface area contributed by atoms with E-state index in [-0.39, 0.29) is 48.9 Å². The number of nitrogens with one attached hydrogen (secondary N) is 3. The van der Waals surface area contributed by atoms with Crippen LogP contribution in [0, 0.1) is 33.3 Å². The molecule has 1 aliphatic heterocycles. The molecule has 2 amide bonds. The number of aryl methyl sites for hydroxylation is 1. The quantitative estimate of drug-likeness (QED) is 0.0568. The highest BCUT2D eigenvalue weighted by Crippen LogP contribution is 2.65. The summed E-state index contributed by atoms with van der Waals surface area (Å²) in [4.78, 5) is 41.3. The van der Waals surface area contributed by atoms with Crippen LogP contribution >= 0.6 is 0 Å². The van der Waals surface area contributed by atoms with E-state index in [4.69, 9.17) is 19.8 Å². The van der Waals surface area contributed by atoms with E-state index in [0.29, 0.717) is 30.4 Å². The first kappa shape index (κ1) is 34.5. The highest BCUT2D eigenvalue weighted by Gasteiger charge is 2.68. The number of guanidine groups is 1. The molecular formula is C31H49BN6O7. The molecule has 3 aliphatic carbocycles. The van der Waals surface area contributed by atoms with Gasteiger partial charge in [-0.05, 0) is 86.3 Å². The van der Waals surface area contributed by atoms with Gasteiger partial charge in [-0.1, -0.05) is 52.2 Å². The zero-order valence-electron chi connectivity index (χ0n) is 27.3. The zero-order valence-corrected chi connectivity index (χ0v) is 27.3. The van der Waals surface area contributed by atoms with E-state index < -0.39 is 35.6 Å². The van der Waals surface area contributed by atoms with Gasteiger partial charge in [0.25, 0.3) is 11.9 Å². The molecule has 0 spiro atoms. The lowest BCUT2D eigenvalue weighted by Gasteiger charge is -2.64. The monoisotopic (exact) mass is 628 g/mol. The van der Waals surface area contributed by atoms with E-state index in [1.54, 1.807) is 17.6 Å². The molecule has 1 heterocycles. The van der Waals surface area contributed by atoms with Crippen molar-refractivity contribution in [1.82, 2.24) is 16.1 Å². The lowest BCUT2D eigenvalue weighted by atomic mass is 9.43. The SMILES string of the molecule is CCc1ccc(OCC(=O)N[C@@H](CCCN=C(N)N[N+](=O)[O-])C(=O)N[C@@H](CC(C)C)B2O[C@@H]3C[C@@H]4C[C@@H](C4(C)C)[C@]3(C)O2)cc1. The number of nitrogens with two attached hydrogens (primary N) is 1. The number of amides is 2. The minimum atomic E-state index is -0.913. The number of nitro groups is 1. The Balaban J connectivity index is 1.42. The highest BCUT2D eigenvalue weighted by molar-refractivity contribution is 6.48. The van der Waals surface area contributed by atoms with Gasteiger partial charge in [0.15, 0.2) is 11.6 Å². The molecule has 4 aliphatic rings. The predicted octanol–water partition coefficient (Wildman–Crippen LogP) is 2.79. The summed E-state index contributed by atoms with van der Waals surface area (Å²) in [7, 11) is -0.607. The van der Waals surface area contributed by atoms with E-state index in [1.165, 1.54) is 0 Å². The average molecular weight is 629 g/mol. The molecule has 1 aromatic rings. The number of aliphatic imine (C=N–C) groups is 1. The molecule has 5 N–H and O–H groups in total. The van der Waals surface area contributed by atoms with Crippen molar-refractivity contribution in [2.24, 2.45) is 33.9 Å². The Morgan fingerprint density at radius 1 is 1.20 bits per heavy atom. The van der Waals surface area contributed by atoms with Crippen molar-refractivity contribution < 1.29 is 28.7 Å². The molecular weight excluding hydrogens is 579 g/mol. The van der Waals surface area contributed by atoms with Crippen molar-refractivity contribution in [3.63, 3.8) is 0 Å². The minimum Gasteiger partial charge on any atom is -0.484 e. The van der Waals surface area contributed by atoms with Gasteiger partial charge in [0.05, 0.1) is 17.6 Å². The predicted molar refractivity (Wildman–Crippen MR) is 171 cm³/mol. The third kappa shape index (κ3) is 8.26. The second-order valence-corrected chi connectivity index (χ2v) is 13.8. The first-order valence-electron chi connectivity index (χ1n) is 16.1. The lowest BCUT2D eigenvalue weighted by Crippen LogP contribution is -2.65. The van der Waals surface area contributed by atoms with Crippen molar-refractivity contribution in [3.8, 4) is 5.75 Å². The second-order valence-electron chi connectivity index (χ2n) is 13.8. The summed E-state index contributed by atoms with van der Waals surface area (Å²) in [6.45, 7) is 12.8. The summed E-state index contributed by atoms with van der Waals surface area (Å²) >= 11 is 0. The molecule has 5 rings (SSSR count). The van der Waals surface area contributed by atoms with E-state index in [1.807, 2.05) is 12.1 Å². The number of ether oxygens (including phenoxy) is 1. The molecule has 1 aromatic carbocycles. The Kier molecular flexibility index (Phi) is 11.0. The van der Waals surface area contributed by atoms with Gasteiger partial charge in [-0.25, -0.2) is 15.1 Å². The van der Waals surface area contributed by atoms with Crippen LogP contribution < -0.4 is 26.5 Å². The molecule has 3 saturated carbocycles. The van der Waals surface area contributed by atoms with Crippen molar-refractivity contribution in [2.75, 3.05) is 13.2 Å². The molecule has 0 aromatic heterocycles. The number of hydrazine groups is 1. The molecule has 13 nitrogen and oxygen atoms in total. The minimum absolute atomic E-state index is 0.0269. The number of rotatable bonds is 15. The molecule has 4 fully saturated rings. The van der Waals surface area contributed by atoms with Crippen molar-refractivity contribution in [3.05, 3.63) is 39.9 Å². The molecule has 14 heteroatoms. The second kappa shape index (κ2) is 14.4. The normalized spacial score (nSPS) is 26.3. The fourth-order valence-electron chi connectivity index (χ4n) is 7.20. The van der Waals surface area contributed by atoms with Gasteiger partial charge in [0, 0.05) is 6.54 Å². The van der Waals surface area contributed by atoms with Gasteiger partial charge >= 0.3 is 7.12 Å². The maximum atomic E-state index is 13.8. The lowest BCUT2D eigenvalue weighted by molar-refractivity contribution is -0.525. The van der Waals surface area contributed by atoms with Crippen LogP contribution in [0.5, 0.6) is 5.75 Å². The number of hydrogen-bond acceptors (Lipinski definition) is 8. The highest BCUT2D eigenvalue weighted by atomic mass is 16.7. The van der Waals surface area contributed by atoms with Crippen LogP contribution in [-0.2, 0) is 25.3 Å². The number of hydrogen-bond donors (Lipinski definition) is 4. The summed E-state index contributed by atoms with van der Waals surface area (Å²) in [5.74, 6) is 0.189. The van der Waals surface area contributed by atoms with Gasteiger partial charge in [-0.2, -0.15) is 0 Å². The number of carbonyl (C=O) groups excluding carboxylic acids is 2. The Hall–Kier alpha value is -3.39. The molecule has 2 bridgehead atoms. The Morgan fingerprint density at radius 2 is 1.91 bits per heavy atom. The topological polar surface area (TPSA) is 179 Å². The van der Waals surface area contributed by atoms with Crippen LogP contribution in [-0.4, -0.2) is 66.8 Å². The number of benzene rings is 1. The maximum absolute atomic E-state index is 13.8. The third-order valence-corrected chi connectivity index (χ3v) is 9.84. The van der Waals surface area contributed by atoms with E-state index >= 15 is 0 Å². The summed E-state index contributed by atoms with van der Waals surface area (Å²) in [6.07, 6.45) is 4.11. The van der Waals surface area contributed by atoms with Crippen LogP contribution in [0.2, 0.25) is 0 Å². The van der Waals surface area contributed by atoms with Gasteiger partial charge in [-0.3, -0.25) is 9.59 Å². The van der Waals surface area contributed by atoms with Gasteiger partial charge in [-0.15, -0.1) is 0 Å². The Morgan fingerprint density at radius 3 is 2.53 bits per heavy atom. The first-order chi connectivity index (χ1) is 21.2. The number of nitrogens with zero attached hydrogens (tertiary/aromatic N) is 2. The summed E-state index contributed by atoms with van der Waals surface area (Å²) in [6, 6.07) is 6.57. The van der Waals surface area contributed by atoms with Crippen LogP contribution in [0.25, 0.3) is 0 Å². The van der Waals surface area contributed by atoms with Crippen LogP contribution in [0.1, 0.15) is 79.2 Å². The number of carbonyl (C=O) groups is 2. The fraction of sp³-hybridized carbons (Fsp3) is 0.710. The molecule has 0 unspecified atom stereocenters. The van der Waals surface area contributed by atoms with Crippen molar-refractivity contribution in [2.45, 2.75) is 104 Å². The zero-order chi connectivity index (χ0) is 32.9. The van der Waals surface area contributed by atoms with Crippen LogP contribution in [0.3, 0.4) is 0 Å². The van der Waals surface area contributed by atoms with Gasteiger partial charge in [0.1, 0.15) is 11.8 Å². The van der Waals surface area contributed by atoms with Crippen molar-refractivity contribution in [1.29, 1.82) is 0 Å². The first-order valence-corrected chi connectivity index (χ1v) is 16.1. The fourth-order valence-corrected chi connectivity index (χ4v) is 7.20. The smallest absolute Gasteiger partial charge is 0.481 e. The van der Waals surface area contributed by atoms with E-state index in [2.05, 4.69) is 57.2 Å². The standard InChI is InChI=1S/C31H49BN6O7/c1-7-20-10-12-22(13-11-20)43-18-27(39)35-23(9-8-14-34-29(33)37-38(41)42)28(40)36-26(15-19(2)3)32-44-25-17-21-16-24(30(21,4)5)31(25,6)45-32/h10-13,19,21,23-26H,7-9,14-18H2,1-6H3,(H,35,39)(H,36,40)(H3,33,34,37)/t21-,23-,24-,25+,26-,31-/m0/s1. The summed E-state index contributed by atoms with van der Waals surface area (Å²) in [5, 5.41) is 15.7. The van der Waals surface area contributed by atoms with Gasteiger partial charge < -0.3 is 30.4 Å². The van der Waals surface area contributed by atoms with Crippen LogP contribution in [0.15, 0.2) is 29.3 Å². The molecule has 0 radical (unpaired) electrons. The van der Waals surface area contributed by atoms with Gasteiger partial charge in [0.2, 0.25) is 5.91 Å².